The molecule has 1 N–H and O–H groups in total. The van der Waals surface area contributed by atoms with Crippen molar-refractivity contribution in [2.75, 3.05) is 0 Å². The second-order valence-electron chi connectivity index (χ2n) is 5.62. The molecule has 1 aromatic carbocycles. The Balaban J connectivity index is 1.62. The Morgan fingerprint density at radius 2 is 2.11 bits per heavy atom. The van der Waals surface area contributed by atoms with E-state index in [1.165, 1.54) is 12.3 Å². The Hall–Kier alpha value is -3.04. The highest BCUT2D eigenvalue weighted by molar-refractivity contribution is 8.26. The van der Waals surface area contributed by atoms with Crippen LogP contribution in [0.4, 0.5) is 0 Å². The molecule has 0 atom stereocenters. The molecular weight excluding hydrogens is 384 g/mol. The van der Waals surface area contributed by atoms with E-state index in [1.54, 1.807) is 25.4 Å². The zero-order valence-electron chi connectivity index (χ0n) is 14.0. The molecule has 1 aliphatic heterocycles. The van der Waals surface area contributed by atoms with Gasteiger partial charge in [0.25, 0.3) is 11.8 Å². The predicted molar refractivity (Wildman–Crippen MR) is 105 cm³/mol. The molecule has 134 valence electrons. The molecule has 0 bridgehead atoms. The molecule has 9 heteroatoms. The van der Waals surface area contributed by atoms with E-state index in [0.29, 0.717) is 21.7 Å². The third-order valence-corrected chi connectivity index (χ3v) is 5.23. The normalized spacial score (nSPS) is 15.7. The van der Waals surface area contributed by atoms with Crippen LogP contribution in [0.15, 0.2) is 52.2 Å². The number of benzene rings is 1. The Bertz CT molecular complexity index is 1120. The largest absolute Gasteiger partial charge is 0.469 e. The number of nitrogens with one attached hydrogen (secondary N) is 1. The van der Waals surface area contributed by atoms with Gasteiger partial charge >= 0.3 is 0 Å². The average Bonchev–Trinajstić information content (AvgIpc) is 3.20. The molecule has 1 saturated heterocycles. The lowest BCUT2D eigenvalue weighted by atomic mass is 10.1. The van der Waals surface area contributed by atoms with E-state index >= 15 is 0 Å². The van der Waals surface area contributed by atoms with Crippen LogP contribution in [0.3, 0.4) is 0 Å². The monoisotopic (exact) mass is 396 g/mol. The van der Waals surface area contributed by atoms with Crippen molar-refractivity contribution in [1.29, 1.82) is 0 Å². The molecule has 1 fully saturated rings. The lowest BCUT2D eigenvalue weighted by Crippen LogP contribution is -2.44. The fraction of sp³-hybridized carbons (Fsp3) is 0.0556. The zero-order chi connectivity index (χ0) is 19.0. The molecule has 2 aromatic heterocycles. The number of hydrogen-bond donors (Lipinski definition) is 1. The van der Waals surface area contributed by atoms with E-state index in [1.807, 2.05) is 18.2 Å². The summed E-state index contributed by atoms with van der Waals surface area (Å²) in [4.78, 5) is 34.0. The maximum absolute atomic E-state index is 12.7. The van der Waals surface area contributed by atoms with Gasteiger partial charge in [-0.2, -0.15) is 5.01 Å². The first-order valence-electron chi connectivity index (χ1n) is 7.87. The summed E-state index contributed by atoms with van der Waals surface area (Å²) in [5.74, 6) is -0.405. The number of amides is 2. The van der Waals surface area contributed by atoms with Gasteiger partial charge in [-0.25, -0.2) is 0 Å². The van der Waals surface area contributed by atoms with Crippen molar-refractivity contribution in [1.82, 2.24) is 20.4 Å². The second-order valence-corrected chi connectivity index (χ2v) is 7.30. The summed E-state index contributed by atoms with van der Waals surface area (Å²) in [5.41, 5.74) is 5.03. The maximum atomic E-state index is 12.7. The Kier molecular flexibility index (Phi) is 4.46. The number of hydrazine groups is 1. The Labute approximate surface area is 163 Å². The van der Waals surface area contributed by atoms with E-state index < -0.39 is 11.8 Å². The fourth-order valence-corrected chi connectivity index (χ4v) is 3.79. The summed E-state index contributed by atoms with van der Waals surface area (Å²) in [6.07, 6.45) is 6.32. The SMILES string of the molecule is Cc1occc1C(=O)NN1C(=O)C(=Cc2cccc3nccnc23)SC1=S. The van der Waals surface area contributed by atoms with E-state index in [-0.39, 0.29) is 4.32 Å². The number of thiocarbonyl (C=S) groups is 1. The number of carbonyl (C=O) groups is 2. The standard InChI is InChI=1S/C18H12N4O3S2/c1-10-12(5-8-25-10)16(23)21-22-17(24)14(27-18(22)26)9-11-3-2-4-13-15(11)20-7-6-19-13/h2-9H,1H3,(H,21,23). The predicted octanol–water partition coefficient (Wildman–Crippen LogP) is 3.08. The molecule has 3 heterocycles. The van der Waals surface area contributed by atoms with Crippen LogP contribution in [0.25, 0.3) is 17.1 Å². The summed E-state index contributed by atoms with van der Waals surface area (Å²) >= 11 is 6.36. The van der Waals surface area contributed by atoms with Gasteiger partial charge in [0.15, 0.2) is 4.32 Å². The minimum absolute atomic E-state index is 0.243. The molecule has 2 amide bonds. The van der Waals surface area contributed by atoms with Crippen LogP contribution in [0, 0.1) is 6.92 Å². The average molecular weight is 396 g/mol. The third kappa shape index (κ3) is 3.22. The van der Waals surface area contributed by atoms with E-state index in [0.717, 1.165) is 27.9 Å². The molecule has 7 nitrogen and oxygen atoms in total. The van der Waals surface area contributed by atoms with Crippen molar-refractivity contribution in [3.8, 4) is 0 Å². The van der Waals surface area contributed by atoms with Crippen LogP contribution >= 0.6 is 24.0 Å². The zero-order valence-corrected chi connectivity index (χ0v) is 15.6. The molecular formula is C18H12N4O3S2. The minimum Gasteiger partial charge on any atom is -0.469 e. The van der Waals surface area contributed by atoms with Gasteiger partial charge in [-0.05, 0) is 37.4 Å². The molecule has 0 unspecified atom stereocenters. The third-order valence-electron chi connectivity index (χ3n) is 3.93. The van der Waals surface area contributed by atoms with E-state index in [4.69, 9.17) is 16.6 Å². The van der Waals surface area contributed by atoms with Crippen molar-refractivity contribution >= 4 is 57.2 Å². The quantitative estimate of drug-likeness (QED) is 0.538. The number of carbonyl (C=O) groups excluding carboxylic acids is 2. The van der Waals surface area contributed by atoms with Gasteiger partial charge < -0.3 is 4.42 Å². The van der Waals surface area contributed by atoms with Crippen molar-refractivity contribution < 1.29 is 14.0 Å². The fourth-order valence-electron chi connectivity index (χ4n) is 2.62. The Morgan fingerprint density at radius 3 is 2.89 bits per heavy atom. The lowest BCUT2D eigenvalue weighted by molar-refractivity contribution is -0.123. The van der Waals surface area contributed by atoms with Crippen LogP contribution in [-0.2, 0) is 4.79 Å². The van der Waals surface area contributed by atoms with Gasteiger partial charge in [-0.1, -0.05) is 23.9 Å². The summed E-state index contributed by atoms with van der Waals surface area (Å²) in [6, 6.07) is 7.06. The highest BCUT2D eigenvalue weighted by Crippen LogP contribution is 2.32. The van der Waals surface area contributed by atoms with Gasteiger partial charge in [0, 0.05) is 18.0 Å². The number of thioether (sulfide) groups is 1. The lowest BCUT2D eigenvalue weighted by Gasteiger charge is -2.15. The second kappa shape index (κ2) is 6.93. The molecule has 4 rings (SSSR count). The smallest absolute Gasteiger partial charge is 0.285 e. The number of furan rings is 1. The van der Waals surface area contributed by atoms with Gasteiger partial charge in [0.05, 0.1) is 27.8 Å². The number of para-hydroxylation sites is 1. The molecule has 0 spiro atoms. The Morgan fingerprint density at radius 1 is 1.30 bits per heavy atom. The van der Waals surface area contributed by atoms with E-state index in [9.17, 15) is 9.59 Å². The number of aryl methyl sites for hydroxylation is 1. The number of aromatic nitrogens is 2. The summed E-state index contributed by atoms with van der Waals surface area (Å²) in [6.45, 7) is 1.67. The topological polar surface area (TPSA) is 88.3 Å². The number of fused-ring (bicyclic) bond motifs is 1. The van der Waals surface area contributed by atoms with Crippen LogP contribution in [-0.4, -0.2) is 31.1 Å². The van der Waals surface area contributed by atoms with Crippen molar-refractivity contribution in [2.24, 2.45) is 0 Å². The highest BCUT2D eigenvalue weighted by Gasteiger charge is 2.34. The number of hydrogen-bond acceptors (Lipinski definition) is 7. The minimum atomic E-state index is -0.463. The summed E-state index contributed by atoms with van der Waals surface area (Å²) in [5, 5.41) is 1.07. The summed E-state index contributed by atoms with van der Waals surface area (Å²) in [7, 11) is 0. The van der Waals surface area contributed by atoms with Crippen molar-refractivity contribution in [3.63, 3.8) is 0 Å². The number of nitrogens with zero attached hydrogens (tertiary/aromatic N) is 3. The van der Waals surface area contributed by atoms with Crippen molar-refractivity contribution in [3.05, 3.63) is 64.7 Å². The van der Waals surface area contributed by atoms with E-state index in [2.05, 4.69) is 15.4 Å². The molecule has 0 aliphatic carbocycles. The van der Waals surface area contributed by atoms with Crippen LogP contribution in [0.1, 0.15) is 21.7 Å². The molecule has 0 radical (unpaired) electrons. The first kappa shape index (κ1) is 17.4. The van der Waals surface area contributed by atoms with Gasteiger partial charge in [0.2, 0.25) is 0 Å². The van der Waals surface area contributed by atoms with Gasteiger partial charge in [-0.3, -0.25) is 25.0 Å². The molecule has 0 saturated carbocycles. The first-order valence-corrected chi connectivity index (χ1v) is 9.10. The molecule has 27 heavy (non-hydrogen) atoms. The van der Waals surface area contributed by atoms with Crippen LogP contribution in [0.5, 0.6) is 0 Å². The van der Waals surface area contributed by atoms with Gasteiger partial charge in [-0.15, -0.1) is 0 Å². The van der Waals surface area contributed by atoms with Crippen molar-refractivity contribution in [2.45, 2.75) is 6.92 Å². The highest BCUT2D eigenvalue weighted by atomic mass is 32.2. The first-order chi connectivity index (χ1) is 13.0. The summed E-state index contributed by atoms with van der Waals surface area (Å²) < 4.78 is 5.36. The van der Waals surface area contributed by atoms with Gasteiger partial charge in [0.1, 0.15) is 5.76 Å². The molecule has 1 aliphatic rings. The van der Waals surface area contributed by atoms with Crippen LogP contribution < -0.4 is 5.43 Å². The maximum Gasteiger partial charge on any atom is 0.285 e. The number of rotatable bonds is 3. The van der Waals surface area contributed by atoms with Crippen LogP contribution in [0.2, 0.25) is 0 Å². The molecule has 3 aromatic rings.